The maximum atomic E-state index is 13.3. The molecule has 4 heterocycles. The Hall–Kier alpha value is -1.97. The van der Waals surface area contributed by atoms with Gasteiger partial charge < -0.3 is 34.3 Å². The highest BCUT2D eigenvalue weighted by atomic mass is 16.7. The topological polar surface area (TPSA) is 104 Å². The number of carbonyl (C=O) groups is 1. The summed E-state index contributed by atoms with van der Waals surface area (Å²) in [5.41, 5.74) is 1.65. The van der Waals surface area contributed by atoms with E-state index in [2.05, 4.69) is 36.0 Å². The minimum atomic E-state index is -1.22. The number of aliphatic hydroxyl groups excluding tert-OH is 1. The SMILES string of the molecule is Cc1c[nH]c(C)c1C(=O)OC(C)C1=CC[C@@]23OCCN(C)C[C@@]12C[C@@H](O)[C@]12O[C@@]4(O)CC[C@@]1(C)[C@H](CC=C32)C4. The lowest BCUT2D eigenvalue weighted by atomic mass is 9.41. The first-order valence-corrected chi connectivity index (χ1v) is 14.6. The van der Waals surface area contributed by atoms with Crippen LogP contribution in [0.4, 0.5) is 0 Å². The molecule has 5 fully saturated rings. The average molecular weight is 539 g/mol. The molecule has 0 radical (unpaired) electrons. The van der Waals surface area contributed by atoms with E-state index >= 15 is 0 Å². The smallest absolute Gasteiger partial charge is 0.340 e. The Balaban J connectivity index is 1.33. The van der Waals surface area contributed by atoms with Gasteiger partial charge in [0.05, 0.1) is 18.3 Å². The van der Waals surface area contributed by atoms with E-state index in [-0.39, 0.29) is 17.3 Å². The summed E-state index contributed by atoms with van der Waals surface area (Å²) < 4.78 is 19.9. The zero-order valence-corrected chi connectivity index (χ0v) is 23.8. The van der Waals surface area contributed by atoms with Crippen molar-refractivity contribution >= 4 is 5.97 Å². The Morgan fingerprint density at radius 2 is 2.05 bits per heavy atom. The predicted octanol–water partition coefficient (Wildman–Crippen LogP) is 3.55. The van der Waals surface area contributed by atoms with Crippen LogP contribution in [0.5, 0.6) is 0 Å². The normalized spacial score (nSPS) is 45.4. The number of H-pyrrole nitrogens is 1. The van der Waals surface area contributed by atoms with E-state index in [1.54, 1.807) is 0 Å². The Bertz CT molecular complexity index is 1280. The molecule has 8 heteroatoms. The number of ether oxygens (including phenoxy) is 3. The molecule has 0 aromatic carbocycles. The van der Waals surface area contributed by atoms with Gasteiger partial charge >= 0.3 is 5.97 Å². The van der Waals surface area contributed by atoms with Crippen molar-refractivity contribution in [2.75, 3.05) is 26.7 Å². The number of hydrogen-bond acceptors (Lipinski definition) is 7. The fourth-order valence-electron chi connectivity index (χ4n) is 9.86. The lowest BCUT2D eigenvalue weighted by molar-refractivity contribution is -0.401. The molecule has 1 aromatic rings. The molecule has 2 saturated carbocycles. The number of nitrogens with zero attached hydrogens (tertiary/aromatic N) is 1. The van der Waals surface area contributed by atoms with Gasteiger partial charge in [-0.05, 0) is 76.1 Å². The number of aryl methyl sites for hydroxylation is 2. The van der Waals surface area contributed by atoms with Crippen LogP contribution in [0.25, 0.3) is 0 Å². The molecule has 7 aliphatic rings. The minimum absolute atomic E-state index is 0.252. The van der Waals surface area contributed by atoms with E-state index in [0.717, 1.165) is 41.8 Å². The summed E-state index contributed by atoms with van der Waals surface area (Å²) in [6.45, 7) is 10.0. The second-order valence-electron chi connectivity index (χ2n) is 13.6. The third-order valence-corrected chi connectivity index (χ3v) is 11.7. The van der Waals surface area contributed by atoms with Gasteiger partial charge in [-0.1, -0.05) is 19.1 Å². The second-order valence-corrected chi connectivity index (χ2v) is 13.6. The van der Waals surface area contributed by atoms with Gasteiger partial charge in [0.1, 0.15) is 17.3 Å². The molecule has 4 aliphatic carbocycles. The summed E-state index contributed by atoms with van der Waals surface area (Å²) in [5, 5.41) is 23.8. The van der Waals surface area contributed by atoms with Crippen molar-refractivity contribution in [3.8, 4) is 0 Å². The highest BCUT2D eigenvalue weighted by Gasteiger charge is 2.79. The van der Waals surface area contributed by atoms with Gasteiger partial charge in [-0.2, -0.15) is 0 Å². The van der Waals surface area contributed by atoms with Crippen molar-refractivity contribution in [2.24, 2.45) is 16.7 Å². The number of rotatable bonds is 3. The van der Waals surface area contributed by atoms with Crippen molar-refractivity contribution in [2.45, 2.75) is 95.4 Å². The number of likely N-dealkylation sites (N-methyl/N-ethyl adjacent to an activating group) is 1. The van der Waals surface area contributed by atoms with Crippen LogP contribution in [0.3, 0.4) is 0 Å². The largest absolute Gasteiger partial charge is 0.454 e. The van der Waals surface area contributed by atoms with Gasteiger partial charge in [-0.15, -0.1) is 0 Å². The van der Waals surface area contributed by atoms with E-state index < -0.39 is 34.6 Å². The summed E-state index contributed by atoms with van der Waals surface area (Å²) in [6, 6.07) is 0. The molecule has 8 atom stereocenters. The summed E-state index contributed by atoms with van der Waals surface area (Å²) in [7, 11) is 2.10. The maximum Gasteiger partial charge on any atom is 0.340 e. The Morgan fingerprint density at radius 1 is 1.26 bits per heavy atom. The summed E-state index contributed by atoms with van der Waals surface area (Å²) in [6.07, 6.45) is 8.89. The molecule has 8 nitrogen and oxygen atoms in total. The average Bonchev–Trinajstić information content (AvgIpc) is 3.31. The van der Waals surface area contributed by atoms with Gasteiger partial charge in [0.25, 0.3) is 0 Å². The van der Waals surface area contributed by atoms with Gasteiger partial charge in [-0.3, -0.25) is 0 Å². The fourth-order valence-corrected chi connectivity index (χ4v) is 9.86. The van der Waals surface area contributed by atoms with Crippen LogP contribution < -0.4 is 0 Å². The number of esters is 1. The van der Waals surface area contributed by atoms with Crippen molar-refractivity contribution in [3.05, 3.63) is 46.3 Å². The van der Waals surface area contributed by atoms with Gasteiger partial charge in [0.2, 0.25) is 0 Å². The first kappa shape index (κ1) is 26.0. The number of aliphatic hydroxyl groups is 2. The van der Waals surface area contributed by atoms with Crippen LogP contribution in [0.15, 0.2) is 29.5 Å². The second kappa shape index (κ2) is 8.07. The molecule has 0 amide bonds. The highest BCUT2D eigenvalue weighted by molar-refractivity contribution is 5.92. The van der Waals surface area contributed by atoms with Crippen LogP contribution in [-0.2, 0) is 14.2 Å². The molecule has 39 heavy (non-hydrogen) atoms. The van der Waals surface area contributed by atoms with Gasteiger partial charge in [0.15, 0.2) is 5.79 Å². The minimum Gasteiger partial charge on any atom is -0.454 e. The summed E-state index contributed by atoms with van der Waals surface area (Å²) in [4.78, 5) is 18.7. The summed E-state index contributed by atoms with van der Waals surface area (Å²) in [5.74, 6) is -1.31. The molecule has 1 aromatic heterocycles. The molecule has 8 rings (SSSR count). The van der Waals surface area contributed by atoms with Crippen molar-refractivity contribution in [1.82, 2.24) is 9.88 Å². The van der Waals surface area contributed by atoms with E-state index in [9.17, 15) is 15.0 Å². The van der Waals surface area contributed by atoms with E-state index in [1.807, 2.05) is 27.0 Å². The number of fused-ring (bicyclic) bond motifs is 1. The first-order chi connectivity index (χ1) is 18.4. The number of aromatic amines is 1. The molecule has 4 bridgehead atoms. The van der Waals surface area contributed by atoms with Crippen LogP contribution in [0, 0.1) is 30.6 Å². The maximum absolute atomic E-state index is 13.3. The van der Waals surface area contributed by atoms with Crippen LogP contribution in [-0.4, -0.2) is 82.0 Å². The number of nitrogens with one attached hydrogen (secondary N) is 1. The third-order valence-electron chi connectivity index (χ3n) is 11.7. The zero-order chi connectivity index (χ0) is 27.6. The van der Waals surface area contributed by atoms with E-state index in [1.165, 1.54) is 0 Å². The standard InChI is InChI=1S/C31H42N2O6/c1-18-16-32-19(2)25(18)26(35)38-20(3)22-8-9-30-23-7-6-21-14-29(36)11-10-27(21,4)31(23,39-29)24(34)15-28(22,30)17-33(5)12-13-37-30/h7-8,16,20-21,24,32,34,36H,6,9-15,17H2,1-5H3/t20?,21-,24-,27+,28+,29+,30+,31+/m1/s1. The molecule has 212 valence electrons. The van der Waals surface area contributed by atoms with Gasteiger partial charge in [-0.25, -0.2) is 4.79 Å². The summed E-state index contributed by atoms with van der Waals surface area (Å²) >= 11 is 0. The predicted molar refractivity (Wildman–Crippen MR) is 144 cm³/mol. The quantitative estimate of drug-likeness (QED) is 0.399. The van der Waals surface area contributed by atoms with E-state index in [0.29, 0.717) is 44.4 Å². The molecule has 1 spiro atoms. The molecule has 3 saturated heterocycles. The molecule has 3 N–H and O–H groups in total. The van der Waals surface area contributed by atoms with Crippen LogP contribution >= 0.6 is 0 Å². The Morgan fingerprint density at radius 3 is 2.79 bits per heavy atom. The lowest BCUT2D eigenvalue weighted by Crippen LogP contribution is -2.79. The third kappa shape index (κ3) is 3.05. The Kier molecular flexibility index (Phi) is 5.37. The van der Waals surface area contributed by atoms with Crippen molar-refractivity contribution < 1.29 is 29.2 Å². The first-order valence-electron chi connectivity index (χ1n) is 14.6. The number of allylic oxidation sites excluding steroid dienone is 1. The van der Waals surface area contributed by atoms with Crippen molar-refractivity contribution in [3.63, 3.8) is 0 Å². The molecular formula is C31H42N2O6. The van der Waals surface area contributed by atoms with Gasteiger partial charge in [0, 0.05) is 48.7 Å². The van der Waals surface area contributed by atoms with E-state index in [4.69, 9.17) is 14.2 Å². The molecular weight excluding hydrogens is 496 g/mol. The molecule has 3 aliphatic heterocycles. The van der Waals surface area contributed by atoms with Crippen LogP contribution in [0.2, 0.25) is 0 Å². The monoisotopic (exact) mass is 538 g/mol. The molecule has 1 unspecified atom stereocenters. The number of carbonyl (C=O) groups excluding carboxylic acids is 1. The lowest BCUT2D eigenvalue weighted by Gasteiger charge is -2.73. The number of hydrogen-bond donors (Lipinski definition) is 3. The van der Waals surface area contributed by atoms with Crippen molar-refractivity contribution in [1.29, 1.82) is 0 Å². The van der Waals surface area contributed by atoms with Crippen LogP contribution in [0.1, 0.15) is 74.0 Å². The fraction of sp³-hybridized carbons (Fsp3) is 0.710. The Labute approximate surface area is 230 Å². The number of aromatic nitrogens is 1. The zero-order valence-electron chi connectivity index (χ0n) is 23.8. The highest BCUT2D eigenvalue weighted by Crippen LogP contribution is 2.74.